The van der Waals surface area contributed by atoms with Gasteiger partial charge in [0.2, 0.25) is 0 Å². The number of ether oxygens (including phenoxy) is 2. The molecule has 19 heavy (non-hydrogen) atoms. The van der Waals surface area contributed by atoms with Crippen molar-refractivity contribution < 1.29 is 19.1 Å². The summed E-state index contributed by atoms with van der Waals surface area (Å²) in [6.07, 6.45) is 0.545. The summed E-state index contributed by atoms with van der Waals surface area (Å²) in [5, 5.41) is 3.97. The highest BCUT2D eigenvalue weighted by molar-refractivity contribution is 5.88. The zero-order valence-electron chi connectivity index (χ0n) is 10.7. The monoisotopic (exact) mass is 264 g/mol. The second-order valence-electron chi connectivity index (χ2n) is 3.80. The van der Waals surface area contributed by atoms with Gasteiger partial charge in [0, 0.05) is 11.9 Å². The van der Waals surface area contributed by atoms with Crippen LogP contribution in [0.25, 0.3) is 5.78 Å². The van der Waals surface area contributed by atoms with Crippen molar-refractivity contribution in [3.8, 4) is 0 Å². The lowest BCUT2D eigenvalue weighted by Crippen LogP contribution is -2.25. The van der Waals surface area contributed by atoms with Crippen LogP contribution in [0.15, 0.2) is 12.3 Å². The zero-order chi connectivity index (χ0) is 14.0. The molecule has 0 bridgehead atoms. The summed E-state index contributed by atoms with van der Waals surface area (Å²) >= 11 is 0. The Morgan fingerprint density at radius 3 is 2.79 bits per heavy atom. The molecule has 0 radical (unpaired) electrons. The minimum atomic E-state index is -1.02. The lowest BCUT2D eigenvalue weighted by atomic mass is 10.4. The van der Waals surface area contributed by atoms with Crippen molar-refractivity contribution in [2.75, 3.05) is 7.11 Å². The summed E-state index contributed by atoms with van der Waals surface area (Å²) in [5.74, 6) is -1.32. The zero-order valence-corrected chi connectivity index (χ0v) is 10.7. The van der Waals surface area contributed by atoms with E-state index in [1.807, 2.05) is 0 Å². The van der Waals surface area contributed by atoms with Gasteiger partial charge in [0.15, 0.2) is 6.10 Å². The van der Waals surface area contributed by atoms with Gasteiger partial charge in [-0.15, -0.1) is 5.10 Å². The second kappa shape index (κ2) is 5.01. The van der Waals surface area contributed by atoms with Crippen molar-refractivity contribution >= 4 is 17.7 Å². The molecular weight excluding hydrogens is 252 g/mol. The van der Waals surface area contributed by atoms with Gasteiger partial charge in [0.1, 0.15) is 0 Å². The number of esters is 2. The van der Waals surface area contributed by atoms with Gasteiger partial charge in [-0.25, -0.2) is 19.1 Å². The Labute approximate surface area is 108 Å². The molecule has 0 spiro atoms. The maximum Gasteiger partial charge on any atom is 0.379 e. The van der Waals surface area contributed by atoms with E-state index in [1.165, 1.54) is 18.5 Å². The van der Waals surface area contributed by atoms with E-state index in [-0.39, 0.29) is 11.6 Å². The molecule has 0 saturated carbocycles. The quantitative estimate of drug-likeness (QED) is 0.728. The van der Waals surface area contributed by atoms with E-state index < -0.39 is 18.0 Å². The van der Waals surface area contributed by atoms with E-state index in [0.717, 1.165) is 5.69 Å². The average molecular weight is 264 g/mol. The van der Waals surface area contributed by atoms with Crippen molar-refractivity contribution in [2.24, 2.45) is 0 Å². The molecule has 0 amide bonds. The predicted octanol–water partition coefficient (Wildman–Crippen LogP) is 0.151. The molecule has 8 nitrogen and oxygen atoms in total. The van der Waals surface area contributed by atoms with Crippen LogP contribution in [0.1, 0.15) is 23.2 Å². The van der Waals surface area contributed by atoms with E-state index in [2.05, 4.69) is 19.8 Å². The van der Waals surface area contributed by atoms with Crippen molar-refractivity contribution in [3.05, 3.63) is 23.8 Å². The number of aryl methyl sites for hydroxylation is 1. The first-order valence-electron chi connectivity index (χ1n) is 5.50. The van der Waals surface area contributed by atoms with E-state index in [4.69, 9.17) is 4.74 Å². The normalized spacial score (nSPS) is 12.2. The van der Waals surface area contributed by atoms with Crippen LogP contribution < -0.4 is 0 Å². The van der Waals surface area contributed by atoms with Crippen LogP contribution in [-0.4, -0.2) is 44.7 Å². The van der Waals surface area contributed by atoms with Crippen molar-refractivity contribution in [1.29, 1.82) is 0 Å². The fraction of sp³-hybridized carbons (Fsp3) is 0.364. The van der Waals surface area contributed by atoms with Gasteiger partial charge in [0.25, 0.3) is 11.6 Å². The summed E-state index contributed by atoms with van der Waals surface area (Å²) in [4.78, 5) is 30.8. The number of hydrogen-bond acceptors (Lipinski definition) is 7. The summed E-state index contributed by atoms with van der Waals surface area (Å²) in [6.45, 7) is 3.21. The first-order valence-corrected chi connectivity index (χ1v) is 5.50. The average Bonchev–Trinajstić information content (AvgIpc) is 2.83. The minimum Gasteiger partial charge on any atom is -0.466 e. The van der Waals surface area contributed by atoms with Gasteiger partial charge in [-0.3, -0.25) is 0 Å². The molecular formula is C11H12N4O4. The molecule has 2 heterocycles. The molecule has 0 fully saturated rings. The van der Waals surface area contributed by atoms with Crippen LogP contribution in [0.3, 0.4) is 0 Å². The van der Waals surface area contributed by atoms with Crippen LogP contribution in [0.4, 0.5) is 0 Å². The first kappa shape index (κ1) is 12.9. The molecule has 0 unspecified atom stereocenters. The van der Waals surface area contributed by atoms with Gasteiger partial charge in [-0.05, 0) is 19.9 Å². The number of rotatable bonds is 3. The van der Waals surface area contributed by atoms with E-state index in [0.29, 0.717) is 0 Å². The van der Waals surface area contributed by atoms with Crippen LogP contribution in [0, 0.1) is 6.92 Å². The third-order valence-electron chi connectivity index (χ3n) is 2.43. The van der Waals surface area contributed by atoms with Crippen molar-refractivity contribution in [2.45, 2.75) is 20.0 Å². The van der Waals surface area contributed by atoms with Gasteiger partial charge >= 0.3 is 11.9 Å². The topological polar surface area (TPSA) is 95.7 Å². The smallest absolute Gasteiger partial charge is 0.379 e. The maximum atomic E-state index is 11.8. The van der Waals surface area contributed by atoms with Gasteiger partial charge in [-0.2, -0.15) is 4.98 Å². The highest BCUT2D eigenvalue weighted by atomic mass is 16.6. The molecule has 0 saturated heterocycles. The SMILES string of the molecule is COC(=O)[C@@H](C)OC(=O)c1nc2nccc(C)n2n1. The predicted molar refractivity (Wildman–Crippen MR) is 62.4 cm³/mol. The Morgan fingerprint density at radius 2 is 2.16 bits per heavy atom. The minimum absolute atomic E-state index is 0.155. The maximum absolute atomic E-state index is 11.8. The fourth-order valence-corrected chi connectivity index (χ4v) is 1.42. The van der Waals surface area contributed by atoms with Crippen molar-refractivity contribution in [3.63, 3.8) is 0 Å². The number of carbonyl (C=O) groups is 2. The molecule has 100 valence electrons. The Balaban J connectivity index is 2.22. The van der Waals surface area contributed by atoms with E-state index in [9.17, 15) is 9.59 Å². The second-order valence-corrected chi connectivity index (χ2v) is 3.80. The molecule has 0 aromatic carbocycles. The summed E-state index contributed by atoms with van der Waals surface area (Å²) in [5.41, 5.74) is 0.776. The fourth-order valence-electron chi connectivity index (χ4n) is 1.42. The van der Waals surface area contributed by atoms with Gasteiger partial charge in [0.05, 0.1) is 7.11 Å². The molecule has 2 aromatic heterocycles. The Bertz CT molecular complexity index is 637. The molecule has 2 rings (SSSR count). The number of carbonyl (C=O) groups excluding carboxylic acids is 2. The molecule has 8 heteroatoms. The number of methoxy groups -OCH3 is 1. The van der Waals surface area contributed by atoms with Crippen LogP contribution >= 0.6 is 0 Å². The number of hydrogen-bond donors (Lipinski definition) is 0. The lowest BCUT2D eigenvalue weighted by molar-refractivity contribution is -0.149. The van der Waals surface area contributed by atoms with Gasteiger partial charge in [-0.1, -0.05) is 0 Å². The van der Waals surface area contributed by atoms with Crippen LogP contribution in [0.2, 0.25) is 0 Å². The highest BCUT2D eigenvalue weighted by Gasteiger charge is 2.22. The number of fused-ring (bicyclic) bond motifs is 1. The number of nitrogens with zero attached hydrogens (tertiary/aromatic N) is 4. The standard InChI is InChI=1S/C11H12N4O4/c1-6-4-5-12-11-13-8(14-15(6)11)10(17)19-7(2)9(16)18-3/h4-5,7H,1-3H3/t7-/m1/s1. The summed E-state index contributed by atoms with van der Waals surface area (Å²) < 4.78 is 10.7. The van der Waals surface area contributed by atoms with E-state index in [1.54, 1.807) is 19.2 Å². The third-order valence-corrected chi connectivity index (χ3v) is 2.43. The Hall–Kier alpha value is -2.51. The molecule has 0 aliphatic heterocycles. The first-order chi connectivity index (χ1) is 9.02. The van der Waals surface area contributed by atoms with Gasteiger partial charge < -0.3 is 9.47 Å². The number of aromatic nitrogens is 4. The van der Waals surface area contributed by atoms with Crippen LogP contribution in [-0.2, 0) is 14.3 Å². The Morgan fingerprint density at radius 1 is 1.42 bits per heavy atom. The molecule has 0 aliphatic carbocycles. The molecule has 0 aliphatic rings. The molecule has 2 aromatic rings. The summed E-state index contributed by atoms with van der Waals surface area (Å²) in [7, 11) is 1.21. The molecule has 1 atom stereocenters. The largest absolute Gasteiger partial charge is 0.466 e. The summed E-state index contributed by atoms with van der Waals surface area (Å²) in [6, 6.07) is 1.73. The van der Waals surface area contributed by atoms with Crippen LogP contribution in [0.5, 0.6) is 0 Å². The Kier molecular flexibility index (Phi) is 3.41. The third kappa shape index (κ3) is 2.51. The molecule has 0 N–H and O–H groups in total. The highest BCUT2D eigenvalue weighted by Crippen LogP contribution is 2.05. The van der Waals surface area contributed by atoms with E-state index >= 15 is 0 Å². The lowest BCUT2D eigenvalue weighted by Gasteiger charge is -2.08. The van der Waals surface area contributed by atoms with Crippen molar-refractivity contribution in [1.82, 2.24) is 19.6 Å².